The van der Waals surface area contributed by atoms with E-state index in [1.807, 2.05) is 44.2 Å². The maximum atomic E-state index is 13.2. The largest absolute Gasteiger partial charge is 0.369 e. The number of nitrogens with zero attached hydrogens (tertiary/aromatic N) is 3. The van der Waals surface area contributed by atoms with E-state index < -0.39 is 0 Å². The molecule has 0 aromatic heterocycles. The molecular formula is C30H36N8O2. The Labute approximate surface area is 234 Å². The van der Waals surface area contributed by atoms with Crippen molar-refractivity contribution in [2.45, 2.75) is 40.5 Å². The van der Waals surface area contributed by atoms with Gasteiger partial charge < -0.3 is 27.5 Å². The molecule has 0 aliphatic rings. The van der Waals surface area contributed by atoms with Crippen LogP contribution in [0.15, 0.2) is 76.0 Å². The zero-order valence-corrected chi connectivity index (χ0v) is 23.5. The minimum Gasteiger partial charge on any atom is -0.369 e. The molecule has 40 heavy (non-hydrogen) atoms. The Morgan fingerprint density at radius 1 is 0.700 bits per heavy atom. The van der Waals surface area contributed by atoms with Crippen LogP contribution in [0, 0.1) is 0 Å². The molecule has 0 saturated heterocycles. The summed E-state index contributed by atoms with van der Waals surface area (Å²) in [6.45, 7) is 7.75. The molecule has 10 nitrogen and oxygen atoms in total. The molecule has 2 amide bonds. The van der Waals surface area contributed by atoms with Gasteiger partial charge in [0.15, 0.2) is 0 Å². The molecule has 3 aromatic rings. The molecule has 0 aliphatic heterocycles. The topological polar surface area (TPSA) is 159 Å². The molecule has 3 rings (SSSR count). The first-order valence-electron chi connectivity index (χ1n) is 13.0. The number of carbonyl (C=O) groups excluding carboxylic acids is 2. The zero-order chi connectivity index (χ0) is 29.2. The van der Waals surface area contributed by atoms with E-state index in [4.69, 9.17) is 11.5 Å². The maximum Gasteiger partial charge on any atom is 0.255 e. The molecule has 0 atom stereocenters. The van der Waals surface area contributed by atoms with Crippen LogP contribution in [0.1, 0.15) is 70.7 Å². The van der Waals surface area contributed by atoms with Gasteiger partial charge in [-0.3, -0.25) is 9.59 Å². The van der Waals surface area contributed by atoms with Crippen LogP contribution in [0.2, 0.25) is 0 Å². The summed E-state index contributed by atoms with van der Waals surface area (Å²) in [6, 6.07) is 18.1. The van der Waals surface area contributed by atoms with E-state index in [2.05, 4.69) is 38.3 Å². The molecule has 0 saturated carbocycles. The molecule has 0 radical (unpaired) electrons. The van der Waals surface area contributed by atoms with E-state index >= 15 is 0 Å². The highest BCUT2D eigenvalue weighted by Crippen LogP contribution is 2.20. The van der Waals surface area contributed by atoms with Crippen molar-refractivity contribution < 1.29 is 9.59 Å². The number of amides is 2. The average molecular weight is 541 g/mol. The number of anilines is 2. The molecule has 208 valence electrons. The van der Waals surface area contributed by atoms with E-state index in [1.165, 1.54) is 0 Å². The van der Waals surface area contributed by atoms with Gasteiger partial charge in [-0.25, -0.2) is 0 Å². The van der Waals surface area contributed by atoms with Gasteiger partial charge in [0.1, 0.15) is 0 Å². The number of nitrogens with one attached hydrogen (secondary N) is 3. The van der Waals surface area contributed by atoms with Crippen LogP contribution in [0.25, 0.3) is 0 Å². The van der Waals surface area contributed by atoms with Crippen LogP contribution in [-0.4, -0.2) is 36.2 Å². The second-order valence-electron chi connectivity index (χ2n) is 9.16. The van der Waals surface area contributed by atoms with Crippen molar-refractivity contribution in [1.29, 1.82) is 0 Å². The lowest BCUT2D eigenvalue weighted by Gasteiger charge is -2.12. The fourth-order valence-electron chi connectivity index (χ4n) is 3.99. The molecule has 0 spiro atoms. The van der Waals surface area contributed by atoms with Crippen LogP contribution in [0.5, 0.6) is 0 Å². The van der Waals surface area contributed by atoms with Crippen molar-refractivity contribution in [2.75, 3.05) is 17.7 Å². The first-order chi connectivity index (χ1) is 19.1. The Kier molecular flexibility index (Phi) is 10.1. The van der Waals surface area contributed by atoms with Crippen molar-refractivity contribution in [3.63, 3.8) is 0 Å². The number of guanidine groups is 1. The zero-order valence-electron chi connectivity index (χ0n) is 23.5. The predicted molar refractivity (Wildman–Crippen MR) is 163 cm³/mol. The molecule has 0 unspecified atom stereocenters. The minimum atomic E-state index is -0.346. The number of hydrazone groups is 1. The van der Waals surface area contributed by atoms with Crippen LogP contribution in [0.3, 0.4) is 0 Å². The number of benzene rings is 3. The van der Waals surface area contributed by atoms with Crippen molar-refractivity contribution in [2.24, 2.45) is 26.8 Å². The van der Waals surface area contributed by atoms with Gasteiger partial charge in [-0.2, -0.15) is 10.2 Å². The van der Waals surface area contributed by atoms with E-state index in [1.54, 1.807) is 44.3 Å². The van der Waals surface area contributed by atoms with Gasteiger partial charge in [0.25, 0.3) is 11.8 Å². The summed E-state index contributed by atoms with van der Waals surface area (Å²) in [5, 5.41) is 17.9. The fraction of sp³-hybridized carbons (Fsp3) is 0.233. The third-order valence-electron chi connectivity index (χ3n) is 6.14. The number of aryl methyl sites for hydroxylation is 2. The number of hydrogen-bond acceptors (Lipinski definition) is 6. The third kappa shape index (κ3) is 8.00. The first kappa shape index (κ1) is 29.6. The van der Waals surface area contributed by atoms with Gasteiger partial charge in [0, 0.05) is 29.5 Å². The maximum absolute atomic E-state index is 13.2. The normalized spacial score (nSPS) is 11.5. The molecule has 0 heterocycles. The molecule has 0 fully saturated rings. The van der Waals surface area contributed by atoms with Crippen LogP contribution >= 0.6 is 0 Å². The van der Waals surface area contributed by atoms with Gasteiger partial charge in [-0.05, 0) is 104 Å². The van der Waals surface area contributed by atoms with Crippen LogP contribution in [-0.2, 0) is 12.8 Å². The van der Waals surface area contributed by atoms with Crippen molar-refractivity contribution >= 4 is 40.6 Å². The summed E-state index contributed by atoms with van der Waals surface area (Å²) in [6.07, 6.45) is 1.56. The Morgan fingerprint density at radius 2 is 1.20 bits per heavy atom. The summed E-state index contributed by atoms with van der Waals surface area (Å²) in [5.74, 6) is -0.805. The first-order valence-corrected chi connectivity index (χ1v) is 13.0. The Balaban J connectivity index is 1.83. The lowest BCUT2D eigenvalue weighted by molar-refractivity contribution is 0.102. The molecule has 10 heteroatoms. The quantitative estimate of drug-likeness (QED) is 0.147. The van der Waals surface area contributed by atoms with Gasteiger partial charge >= 0.3 is 0 Å². The number of rotatable bonds is 10. The highest BCUT2D eigenvalue weighted by molar-refractivity contribution is 6.10. The molecule has 7 N–H and O–H groups in total. The highest BCUT2D eigenvalue weighted by Gasteiger charge is 2.14. The van der Waals surface area contributed by atoms with Crippen LogP contribution < -0.4 is 27.5 Å². The standard InChI is InChI=1S/C30H36N8O2/c1-6-20-11-24(18(3)36-33-5)16-26(13-20)34-28(39)22-9-8-10-23(15-22)29(40)35-27-14-21(7-2)12-25(17-27)19(4)37-38-30(31)32/h8-17,33H,6-7H2,1-5H3,(H,34,39)(H,35,40)(H4,31,32,38)/b36-18-,37-19+. The summed E-state index contributed by atoms with van der Waals surface area (Å²) >= 11 is 0. The van der Waals surface area contributed by atoms with Gasteiger partial charge in [0.2, 0.25) is 5.96 Å². The monoisotopic (exact) mass is 540 g/mol. The van der Waals surface area contributed by atoms with E-state index in [0.29, 0.717) is 28.2 Å². The average Bonchev–Trinajstić information content (AvgIpc) is 2.95. The molecule has 3 aromatic carbocycles. The second-order valence-corrected chi connectivity index (χ2v) is 9.16. The highest BCUT2D eigenvalue weighted by atomic mass is 16.2. The van der Waals surface area contributed by atoms with Crippen molar-refractivity contribution in [3.8, 4) is 0 Å². The van der Waals surface area contributed by atoms with Gasteiger partial charge in [-0.15, -0.1) is 5.10 Å². The van der Waals surface area contributed by atoms with Gasteiger partial charge in [0.05, 0.1) is 11.4 Å². The second kappa shape index (κ2) is 13.7. The Morgan fingerprint density at radius 3 is 1.65 bits per heavy atom. The van der Waals surface area contributed by atoms with E-state index in [9.17, 15) is 9.59 Å². The summed E-state index contributed by atoms with van der Waals surface area (Å²) in [7, 11) is 1.74. The Bertz CT molecular complexity index is 1490. The van der Waals surface area contributed by atoms with E-state index in [0.717, 1.165) is 40.8 Å². The van der Waals surface area contributed by atoms with Crippen molar-refractivity contribution in [3.05, 3.63) is 94.0 Å². The predicted octanol–water partition coefficient (Wildman–Crippen LogP) is 4.26. The van der Waals surface area contributed by atoms with Crippen LogP contribution in [0.4, 0.5) is 11.4 Å². The smallest absolute Gasteiger partial charge is 0.255 e. The fourth-order valence-corrected chi connectivity index (χ4v) is 3.99. The number of nitrogens with two attached hydrogens (primary N) is 2. The summed E-state index contributed by atoms with van der Waals surface area (Å²) < 4.78 is 0. The lowest BCUT2D eigenvalue weighted by atomic mass is 10.0. The van der Waals surface area contributed by atoms with E-state index in [-0.39, 0.29) is 17.8 Å². The summed E-state index contributed by atoms with van der Waals surface area (Å²) in [4.78, 5) is 26.3. The molecule has 0 aliphatic carbocycles. The minimum absolute atomic E-state index is 0.139. The third-order valence-corrected chi connectivity index (χ3v) is 6.14. The molecular weight excluding hydrogens is 504 g/mol. The van der Waals surface area contributed by atoms with Crippen molar-refractivity contribution in [1.82, 2.24) is 5.43 Å². The summed E-state index contributed by atoms with van der Waals surface area (Å²) in [5.41, 5.74) is 20.7. The Hall–Kier alpha value is -4.99. The molecule has 0 bridgehead atoms. The lowest BCUT2D eigenvalue weighted by Crippen LogP contribution is -2.22. The SMILES string of the molecule is CCc1cc(NC(=O)c2cccc(C(=O)Nc3cc(CC)cc(/C(C)=N/N=C(N)N)c3)c2)cc(/C(C)=N\NC)c1. The number of carbonyl (C=O) groups is 2. The van der Waals surface area contributed by atoms with Gasteiger partial charge in [-0.1, -0.05) is 19.9 Å². The number of hydrogen-bond donors (Lipinski definition) is 5.